The molecule has 1 fully saturated rings. The van der Waals surface area contributed by atoms with Gasteiger partial charge >= 0.3 is 12.1 Å². The van der Waals surface area contributed by atoms with Crippen molar-refractivity contribution >= 4 is 18.0 Å². The van der Waals surface area contributed by atoms with Crippen LogP contribution in [0.3, 0.4) is 0 Å². The van der Waals surface area contributed by atoms with Gasteiger partial charge in [0.25, 0.3) is 0 Å². The molecule has 2 aliphatic rings. The molecule has 0 saturated carbocycles. The van der Waals surface area contributed by atoms with Crippen LogP contribution < -0.4 is 5.32 Å². The molecule has 0 atom stereocenters. The maximum atomic E-state index is 13.4. The molecule has 0 bridgehead atoms. The van der Waals surface area contributed by atoms with Crippen LogP contribution >= 0.6 is 0 Å². The molecule has 2 N–H and O–H groups in total. The molecule has 3 aromatic rings. The summed E-state index contributed by atoms with van der Waals surface area (Å²) in [5.74, 6) is -1.16. The van der Waals surface area contributed by atoms with E-state index >= 15 is 0 Å². The molecule has 220 valence electrons. The molecule has 1 heterocycles. The van der Waals surface area contributed by atoms with E-state index in [1.165, 1.54) is 5.56 Å². The van der Waals surface area contributed by atoms with Crippen molar-refractivity contribution in [1.82, 2.24) is 15.1 Å². The summed E-state index contributed by atoms with van der Waals surface area (Å²) in [7, 11) is 0. The summed E-state index contributed by atoms with van der Waals surface area (Å²) in [6, 6.07) is 26.7. The van der Waals surface area contributed by atoms with E-state index in [0.29, 0.717) is 32.5 Å². The Bertz CT molecular complexity index is 1360. The first-order valence-electron chi connectivity index (χ1n) is 14.8. The molecule has 3 aromatic carbocycles. The molecule has 1 aliphatic carbocycles. The van der Waals surface area contributed by atoms with Crippen molar-refractivity contribution in [2.45, 2.75) is 50.6 Å². The Morgan fingerprint density at radius 1 is 0.929 bits per heavy atom. The van der Waals surface area contributed by atoms with Crippen LogP contribution in [0.2, 0.25) is 0 Å². The smallest absolute Gasteiger partial charge is 0.407 e. The van der Waals surface area contributed by atoms with Crippen molar-refractivity contribution in [1.29, 1.82) is 0 Å². The minimum atomic E-state index is -0.943. The summed E-state index contributed by atoms with van der Waals surface area (Å²) in [4.78, 5) is 41.8. The Morgan fingerprint density at radius 3 is 2.12 bits per heavy atom. The van der Waals surface area contributed by atoms with E-state index in [1.807, 2.05) is 49.4 Å². The monoisotopic (exact) mass is 569 g/mol. The van der Waals surface area contributed by atoms with E-state index in [-0.39, 0.29) is 37.8 Å². The summed E-state index contributed by atoms with van der Waals surface area (Å²) in [6.45, 7) is 4.83. The number of hydrogen-bond donors (Lipinski definition) is 2. The Balaban J connectivity index is 1.27. The number of amides is 2. The molecule has 0 unspecified atom stereocenters. The highest BCUT2D eigenvalue weighted by molar-refractivity contribution is 5.80. The van der Waals surface area contributed by atoms with Gasteiger partial charge in [0.2, 0.25) is 5.91 Å². The number of carbonyl (C=O) groups is 3. The van der Waals surface area contributed by atoms with Gasteiger partial charge in [-0.15, -0.1) is 0 Å². The van der Waals surface area contributed by atoms with Gasteiger partial charge in [-0.25, -0.2) is 4.79 Å². The number of nitrogens with zero attached hydrogens (tertiary/aromatic N) is 2. The van der Waals surface area contributed by atoms with Crippen molar-refractivity contribution in [3.05, 3.63) is 95.6 Å². The topological polar surface area (TPSA) is 99.2 Å². The van der Waals surface area contributed by atoms with Crippen molar-refractivity contribution in [3.8, 4) is 11.1 Å². The second kappa shape index (κ2) is 13.2. The average Bonchev–Trinajstić information content (AvgIpc) is 3.31. The van der Waals surface area contributed by atoms with Gasteiger partial charge in [0.1, 0.15) is 6.61 Å². The fraction of sp³-hybridized carbons (Fsp3) is 0.382. The first kappa shape index (κ1) is 29.3. The number of benzene rings is 3. The van der Waals surface area contributed by atoms with Crippen LogP contribution in [0.25, 0.3) is 11.1 Å². The van der Waals surface area contributed by atoms with Gasteiger partial charge in [-0.3, -0.25) is 14.5 Å². The number of carboxylic acids is 1. The summed E-state index contributed by atoms with van der Waals surface area (Å²) in [6.07, 6.45) is 0.634. The van der Waals surface area contributed by atoms with Crippen LogP contribution in [-0.4, -0.2) is 71.2 Å². The number of carbonyl (C=O) groups excluding carboxylic acids is 2. The van der Waals surface area contributed by atoms with E-state index in [0.717, 1.165) is 28.8 Å². The Kier molecular flexibility index (Phi) is 9.22. The molecular formula is C34H39N3O5. The highest BCUT2D eigenvalue weighted by atomic mass is 16.5. The quantitative estimate of drug-likeness (QED) is 0.326. The number of fused-ring (bicyclic) bond motifs is 3. The third kappa shape index (κ3) is 6.82. The van der Waals surface area contributed by atoms with Crippen LogP contribution in [0.5, 0.6) is 0 Å². The van der Waals surface area contributed by atoms with E-state index in [2.05, 4.69) is 46.6 Å². The van der Waals surface area contributed by atoms with Crippen LogP contribution in [-0.2, 0) is 20.9 Å². The fourth-order valence-electron chi connectivity index (χ4n) is 6.27. The molecule has 1 aliphatic heterocycles. The zero-order chi connectivity index (χ0) is 29.5. The molecule has 8 heteroatoms. The maximum Gasteiger partial charge on any atom is 0.407 e. The minimum absolute atomic E-state index is 0.0555. The van der Waals surface area contributed by atoms with Crippen molar-refractivity contribution in [2.75, 3.05) is 32.8 Å². The first-order valence-corrected chi connectivity index (χ1v) is 14.8. The lowest BCUT2D eigenvalue weighted by molar-refractivity contribution is -0.138. The molecular weight excluding hydrogens is 530 g/mol. The molecule has 2 amide bonds. The Morgan fingerprint density at radius 2 is 1.52 bits per heavy atom. The molecule has 0 radical (unpaired) electrons. The van der Waals surface area contributed by atoms with E-state index in [1.54, 1.807) is 4.90 Å². The van der Waals surface area contributed by atoms with Gasteiger partial charge in [-0.05, 0) is 47.6 Å². The third-order valence-corrected chi connectivity index (χ3v) is 8.59. The van der Waals surface area contributed by atoms with Crippen LogP contribution in [0.4, 0.5) is 4.79 Å². The van der Waals surface area contributed by atoms with Crippen LogP contribution in [0, 0.1) is 0 Å². The van der Waals surface area contributed by atoms with Crippen LogP contribution in [0.15, 0.2) is 78.9 Å². The Labute approximate surface area is 247 Å². The number of ether oxygens (including phenoxy) is 1. The minimum Gasteiger partial charge on any atom is -0.481 e. The van der Waals surface area contributed by atoms with E-state index in [4.69, 9.17) is 9.84 Å². The van der Waals surface area contributed by atoms with E-state index in [9.17, 15) is 14.4 Å². The highest BCUT2D eigenvalue weighted by Crippen LogP contribution is 2.44. The number of carboxylic acid groups (broad SMARTS) is 1. The normalized spacial score (nSPS) is 15.8. The summed E-state index contributed by atoms with van der Waals surface area (Å²) < 4.78 is 5.87. The molecule has 0 aromatic heterocycles. The predicted octanol–water partition coefficient (Wildman–Crippen LogP) is 5.27. The van der Waals surface area contributed by atoms with Crippen LogP contribution in [0.1, 0.15) is 55.2 Å². The first-order chi connectivity index (χ1) is 20.4. The molecule has 8 nitrogen and oxygen atoms in total. The number of likely N-dealkylation sites (tertiary alicyclic amines) is 1. The predicted molar refractivity (Wildman–Crippen MR) is 161 cm³/mol. The van der Waals surface area contributed by atoms with Crippen molar-refractivity contribution < 1.29 is 24.2 Å². The lowest BCUT2D eigenvalue weighted by Gasteiger charge is -2.42. The number of hydrogen-bond acceptors (Lipinski definition) is 5. The third-order valence-electron chi connectivity index (χ3n) is 8.59. The van der Waals surface area contributed by atoms with Gasteiger partial charge in [-0.2, -0.15) is 0 Å². The standard InChI is InChI=1S/C34H39N3O5/c1-2-37(19-16-32(39)40)31(38)22-34(17-20-36(21-18-34)23-25-10-4-3-5-11-25)35-33(41)42-24-30-28-14-8-6-12-26(28)27-13-7-9-15-29(27)30/h3-15,30H,2,16-24H2,1H3,(H,35,41)(H,39,40). The Hall–Kier alpha value is -4.17. The lowest BCUT2D eigenvalue weighted by Crippen LogP contribution is -2.57. The largest absolute Gasteiger partial charge is 0.481 e. The van der Waals surface area contributed by atoms with Gasteiger partial charge in [0, 0.05) is 38.6 Å². The number of alkyl carbamates (subject to hydrolysis) is 1. The zero-order valence-electron chi connectivity index (χ0n) is 24.1. The number of aliphatic carboxylic acids is 1. The second-order valence-electron chi connectivity index (χ2n) is 11.3. The van der Waals surface area contributed by atoms with E-state index < -0.39 is 17.6 Å². The average molecular weight is 570 g/mol. The lowest BCUT2D eigenvalue weighted by atomic mass is 9.83. The fourth-order valence-corrected chi connectivity index (χ4v) is 6.27. The molecule has 42 heavy (non-hydrogen) atoms. The number of rotatable bonds is 11. The van der Waals surface area contributed by atoms with Crippen molar-refractivity contribution in [3.63, 3.8) is 0 Å². The molecule has 0 spiro atoms. The number of nitrogens with one attached hydrogen (secondary N) is 1. The highest BCUT2D eigenvalue weighted by Gasteiger charge is 2.40. The second-order valence-corrected chi connectivity index (χ2v) is 11.3. The maximum absolute atomic E-state index is 13.4. The zero-order valence-corrected chi connectivity index (χ0v) is 24.1. The van der Waals surface area contributed by atoms with Gasteiger partial charge in [-0.1, -0.05) is 78.9 Å². The molecule has 1 saturated heterocycles. The SMILES string of the molecule is CCN(CCC(=O)O)C(=O)CC1(NC(=O)OCC2c3ccccc3-c3ccccc32)CCN(Cc2ccccc2)CC1. The number of piperidine rings is 1. The van der Waals surface area contributed by atoms with Crippen molar-refractivity contribution in [2.24, 2.45) is 0 Å². The summed E-state index contributed by atoms with van der Waals surface area (Å²) in [5.41, 5.74) is 5.05. The summed E-state index contributed by atoms with van der Waals surface area (Å²) in [5, 5.41) is 12.2. The van der Waals surface area contributed by atoms with Gasteiger partial charge < -0.3 is 20.1 Å². The van der Waals surface area contributed by atoms with Gasteiger partial charge in [0.05, 0.1) is 18.4 Å². The molecule has 5 rings (SSSR count). The summed E-state index contributed by atoms with van der Waals surface area (Å²) >= 11 is 0. The van der Waals surface area contributed by atoms with Gasteiger partial charge in [0.15, 0.2) is 0 Å².